The van der Waals surface area contributed by atoms with E-state index in [1.165, 1.54) is 4.31 Å². The molecule has 1 aliphatic heterocycles. The van der Waals surface area contributed by atoms with E-state index in [0.29, 0.717) is 43.7 Å². The molecule has 4 rings (SSSR count). The minimum absolute atomic E-state index is 0.0955. The summed E-state index contributed by atoms with van der Waals surface area (Å²) in [6, 6.07) is 9.56. The van der Waals surface area contributed by atoms with Crippen LogP contribution in [0.5, 0.6) is 0 Å². The monoisotopic (exact) mass is 416 g/mol. The van der Waals surface area contributed by atoms with E-state index in [2.05, 4.69) is 20.0 Å². The number of rotatable bonds is 5. The molecule has 1 saturated heterocycles. The molecule has 1 fully saturated rings. The number of sulfonamides is 1. The number of aromatic nitrogens is 4. The molecule has 1 aliphatic rings. The van der Waals surface area contributed by atoms with Crippen molar-refractivity contribution in [2.24, 2.45) is 7.05 Å². The fourth-order valence-corrected chi connectivity index (χ4v) is 4.83. The molecule has 0 bridgehead atoms. The fraction of sp³-hybridized carbons (Fsp3) is 0.421. The number of aryl methyl sites for hydroxylation is 2. The zero-order valence-corrected chi connectivity index (χ0v) is 17.5. The lowest BCUT2D eigenvalue weighted by Gasteiger charge is -2.35. The smallest absolute Gasteiger partial charge is 0.262 e. The van der Waals surface area contributed by atoms with Crippen LogP contribution in [0.3, 0.4) is 0 Å². The summed E-state index contributed by atoms with van der Waals surface area (Å²) in [7, 11) is -1.80. The summed E-state index contributed by atoms with van der Waals surface area (Å²) in [5, 5.41) is 4.18. The maximum absolute atomic E-state index is 12.9. The largest absolute Gasteiger partial charge is 0.337 e. The van der Waals surface area contributed by atoms with Crippen LogP contribution in [0.15, 0.2) is 46.1 Å². The molecule has 0 saturated carbocycles. The minimum Gasteiger partial charge on any atom is -0.337 e. The number of nitrogens with zero attached hydrogens (tertiary/aromatic N) is 6. The SMILES string of the molecule is Cc1nc(S(=O)(=O)N2CCN(C(C)c3nc(-c4ccccc4)no3)CC2)cn1C. The molecule has 9 nitrogen and oxygen atoms in total. The Kier molecular flexibility index (Phi) is 5.24. The molecule has 1 atom stereocenters. The van der Waals surface area contributed by atoms with E-state index >= 15 is 0 Å². The highest BCUT2D eigenvalue weighted by molar-refractivity contribution is 7.89. The van der Waals surface area contributed by atoms with Crippen molar-refractivity contribution in [3.8, 4) is 11.4 Å². The molecule has 0 radical (unpaired) electrons. The van der Waals surface area contributed by atoms with Gasteiger partial charge in [-0.15, -0.1) is 0 Å². The Labute approximate surface area is 170 Å². The minimum atomic E-state index is -3.59. The molecule has 0 N–H and O–H groups in total. The van der Waals surface area contributed by atoms with Crippen molar-refractivity contribution in [2.45, 2.75) is 24.9 Å². The summed E-state index contributed by atoms with van der Waals surface area (Å²) in [5.74, 6) is 1.75. The van der Waals surface area contributed by atoms with Crippen molar-refractivity contribution < 1.29 is 12.9 Å². The third kappa shape index (κ3) is 3.83. The highest BCUT2D eigenvalue weighted by Gasteiger charge is 2.33. The van der Waals surface area contributed by atoms with Gasteiger partial charge in [-0.05, 0) is 13.8 Å². The van der Waals surface area contributed by atoms with Crippen LogP contribution >= 0.6 is 0 Å². The predicted molar refractivity (Wildman–Crippen MR) is 106 cm³/mol. The van der Waals surface area contributed by atoms with Gasteiger partial charge in [0.2, 0.25) is 11.7 Å². The van der Waals surface area contributed by atoms with E-state index in [1.54, 1.807) is 24.7 Å². The van der Waals surface area contributed by atoms with Crippen LogP contribution in [0.4, 0.5) is 0 Å². The first-order valence-corrected chi connectivity index (χ1v) is 10.9. The van der Waals surface area contributed by atoms with Gasteiger partial charge in [0.1, 0.15) is 5.82 Å². The molecule has 29 heavy (non-hydrogen) atoms. The summed E-state index contributed by atoms with van der Waals surface area (Å²) < 4.78 is 34.4. The average molecular weight is 417 g/mol. The van der Waals surface area contributed by atoms with E-state index in [-0.39, 0.29) is 11.1 Å². The zero-order chi connectivity index (χ0) is 20.6. The Morgan fingerprint density at radius 2 is 1.76 bits per heavy atom. The second kappa shape index (κ2) is 7.69. The molecule has 154 valence electrons. The Morgan fingerprint density at radius 3 is 2.38 bits per heavy atom. The second-order valence-electron chi connectivity index (χ2n) is 7.18. The maximum atomic E-state index is 12.9. The summed E-state index contributed by atoms with van der Waals surface area (Å²) >= 11 is 0. The van der Waals surface area contributed by atoms with Crippen LogP contribution in [0.1, 0.15) is 24.7 Å². The van der Waals surface area contributed by atoms with E-state index in [1.807, 2.05) is 37.3 Å². The van der Waals surface area contributed by atoms with E-state index in [0.717, 1.165) is 5.56 Å². The lowest BCUT2D eigenvalue weighted by atomic mass is 10.2. The van der Waals surface area contributed by atoms with Gasteiger partial charge in [-0.2, -0.15) is 9.29 Å². The Hall–Kier alpha value is -2.56. The molecular formula is C19H24N6O3S. The van der Waals surface area contributed by atoms with Gasteiger partial charge in [-0.25, -0.2) is 13.4 Å². The van der Waals surface area contributed by atoms with E-state index in [9.17, 15) is 8.42 Å². The molecular weight excluding hydrogens is 392 g/mol. The van der Waals surface area contributed by atoms with Gasteiger partial charge < -0.3 is 9.09 Å². The number of imidazole rings is 1. The number of piperazine rings is 1. The van der Waals surface area contributed by atoms with Crippen LogP contribution < -0.4 is 0 Å². The highest BCUT2D eigenvalue weighted by atomic mass is 32.2. The quantitative estimate of drug-likeness (QED) is 0.626. The lowest BCUT2D eigenvalue weighted by molar-refractivity contribution is 0.124. The van der Waals surface area contributed by atoms with Crippen molar-refractivity contribution in [1.82, 2.24) is 28.9 Å². The van der Waals surface area contributed by atoms with Crippen LogP contribution in [0, 0.1) is 6.92 Å². The van der Waals surface area contributed by atoms with Gasteiger partial charge in [0.15, 0.2) is 5.03 Å². The molecule has 3 heterocycles. The second-order valence-corrected chi connectivity index (χ2v) is 9.06. The molecule has 1 aromatic carbocycles. The predicted octanol–water partition coefficient (Wildman–Crippen LogP) is 1.85. The normalized spacial score (nSPS) is 17.5. The van der Waals surface area contributed by atoms with Crippen LogP contribution in [-0.4, -0.2) is 63.5 Å². The Bertz CT molecular complexity index is 1060. The van der Waals surface area contributed by atoms with E-state index in [4.69, 9.17) is 4.52 Å². The van der Waals surface area contributed by atoms with Crippen LogP contribution in [0.2, 0.25) is 0 Å². The van der Waals surface area contributed by atoms with Gasteiger partial charge in [0.25, 0.3) is 10.0 Å². The molecule has 2 aromatic heterocycles. The summed E-state index contributed by atoms with van der Waals surface area (Å²) in [4.78, 5) is 10.8. The van der Waals surface area contributed by atoms with E-state index < -0.39 is 10.0 Å². The Morgan fingerprint density at radius 1 is 1.07 bits per heavy atom. The first-order valence-electron chi connectivity index (χ1n) is 9.49. The maximum Gasteiger partial charge on any atom is 0.262 e. The van der Waals surface area contributed by atoms with Gasteiger partial charge >= 0.3 is 0 Å². The summed E-state index contributed by atoms with van der Waals surface area (Å²) in [5.41, 5.74) is 0.899. The molecule has 0 aliphatic carbocycles. The standard InChI is InChI=1S/C19H24N6O3S/c1-14(19-21-18(22-28-19)16-7-5-4-6-8-16)24-9-11-25(12-10-24)29(26,27)17-13-23(3)15(2)20-17/h4-8,13-14H,9-12H2,1-3H3. The van der Waals surface area contributed by atoms with Gasteiger partial charge in [0.05, 0.1) is 6.04 Å². The first kappa shape index (κ1) is 19.7. The number of hydrogen-bond acceptors (Lipinski definition) is 7. The molecule has 0 spiro atoms. The van der Waals surface area contributed by atoms with Crippen molar-refractivity contribution in [3.05, 3.63) is 48.2 Å². The van der Waals surface area contributed by atoms with Crippen molar-refractivity contribution >= 4 is 10.0 Å². The molecule has 3 aromatic rings. The third-order valence-corrected chi connectivity index (χ3v) is 7.11. The summed E-state index contributed by atoms with van der Waals surface area (Å²) in [6.07, 6.45) is 1.56. The third-order valence-electron chi connectivity index (χ3n) is 5.34. The topological polar surface area (TPSA) is 97.4 Å². The zero-order valence-electron chi connectivity index (χ0n) is 16.7. The highest BCUT2D eigenvalue weighted by Crippen LogP contribution is 2.25. The van der Waals surface area contributed by atoms with Crippen molar-refractivity contribution in [1.29, 1.82) is 0 Å². The molecule has 0 amide bonds. The number of hydrogen-bond donors (Lipinski definition) is 0. The summed E-state index contributed by atoms with van der Waals surface area (Å²) in [6.45, 7) is 5.72. The van der Waals surface area contributed by atoms with Crippen LogP contribution in [-0.2, 0) is 17.1 Å². The van der Waals surface area contributed by atoms with Gasteiger partial charge in [-0.3, -0.25) is 4.90 Å². The van der Waals surface area contributed by atoms with Gasteiger partial charge in [-0.1, -0.05) is 35.5 Å². The first-order chi connectivity index (χ1) is 13.9. The van der Waals surface area contributed by atoms with Gasteiger partial charge in [0, 0.05) is 45.0 Å². The van der Waals surface area contributed by atoms with Crippen molar-refractivity contribution in [2.75, 3.05) is 26.2 Å². The van der Waals surface area contributed by atoms with Crippen LogP contribution in [0.25, 0.3) is 11.4 Å². The molecule has 10 heteroatoms. The number of benzene rings is 1. The fourth-order valence-electron chi connectivity index (χ4n) is 3.38. The van der Waals surface area contributed by atoms with Crippen molar-refractivity contribution in [3.63, 3.8) is 0 Å². The average Bonchev–Trinajstić information content (AvgIpc) is 3.36. The molecule has 1 unspecified atom stereocenters. The lowest BCUT2D eigenvalue weighted by Crippen LogP contribution is -2.49. The Balaban J connectivity index is 1.42.